The molecule has 0 amide bonds. The summed E-state index contributed by atoms with van der Waals surface area (Å²) < 4.78 is 10.4. The lowest BCUT2D eigenvalue weighted by atomic mass is 10.2. The summed E-state index contributed by atoms with van der Waals surface area (Å²) in [6, 6.07) is 5.17. The van der Waals surface area contributed by atoms with Crippen molar-refractivity contribution in [3.05, 3.63) is 23.2 Å². The second-order valence-electron chi connectivity index (χ2n) is 4.15. The smallest absolute Gasteiger partial charge is 0.305 e. The number of hydrogen-bond donors (Lipinski definition) is 1. The summed E-state index contributed by atoms with van der Waals surface area (Å²) >= 11 is 5.80. The van der Waals surface area contributed by atoms with Crippen LogP contribution in [0, 0.1) is 0 Å². The Hall–Kier alpha value is -1.42. The molecule has 1 aromatic rings. The first-order valence-corrected chi connectivity index (χ1v) is 6.84. The molecule has 1 rings (SSSR count). The first kappa shape index (κ1) is 15.6. The van der Waals surface area contributed by atoms with Crippen LogP contribution < -0.4 is 10.5 Å². The highest BCUT2D eigenvalue weighted by molar-refractivity contribution is 6.30. The second kappa shape index (κ2) is 8.64. The van der Waals surface area contributed by atoms with Crippen LogP contribution in [0.3, 0.4) is 0 Å². The Morgan fingerprint density at radius 1 is 1.32 bits per heavy atom. The molecule has 0 atom stereocenters. The summed E-state index contributed by atoms with van der Waals surface area (Å²) in [6.07, 6.45) is 3.09. The van der Waals surface area contributed by atoms with Gasteiger partial charge >= 0.3 is 5.97 Å². The Balaban J connectivity index is 2.12. The quantitative estimate of drug-likeness (QED) is 0.452. The maximum Gasteiger partial charge on any atom is 0.305 e. The maximum atomic E-state index is 11.1. The second-order valence-corrected chi connectivity index (χ2v) is 4.58. The standard InChI is InChI=1S/C14H20ClNO3/c1-2-18-14(17)6-4-3-5-9-19-13-8-7-11(15)10-12(13)16/h7-8,10H,2-6,9,16H2,1H3. The molecule has 0 saturated carbocycles. The predicted octanol–water partition coefficient (Wildman–Crippen LogP) is 3.42. The van der Waals surface area contributed by atoms with Gasteiger partial charge < -0.3 is 15.2 Å². The van der Waals surface area contributed by atoms with E-state index < -0.39 is 0 Å². The van der Waals surface area contributed by atoms with Crippen LogP contribution >= 0.6 is 11.6 Å². The monoisotopic (exact) mass is 285 g/mol. The number of hydrogen-bond acceptors (Lipinski definition) is 4. The first-order chi connectivity index (χ1) is 9.13. The number of esters is 1. The zero-order valence-electron chi connectivity index (χ0n) is 11.2. The minimum Gasteiger partial charge on any atom is -0.491 e. The van der Waals surface area contributed by atoms with Gasteiger partial charge in [-0.25, -0.2) is 0 Å². The third kappa shape index (κ3) is 6.34. The van der Waals surface area contributed by atoms with Gasteiger partial charge in [-0.1, -0.05) is 11.6 Å². The SMILES string of the molecule is CCOC(=O)CCCCCOc1ccc(Cl)cc1N. The highest BCUT2D eigenvalue weighted by atomic mass is 35.5. The fourth-order valence-electron chi connectivity index (χ4n) is 1.61. The molecule has 0 fully saturated rings. The first-order valence-electron chi connectivity index (χ1n) is 6.47. The van der Waals surface area contributed by atoms with Crippen LogP contribution in [0.15, 0.2) is 18.2 Å². The summed E-state index contributed by atoms with van der Waals surface area (Å²) in [7, 11) is 0. The number of halogens is 1. The number of nitrogen functional groups attached to an aromatic ring is 1. The number of anilines is 1. The fourth-order valence-corrected chi connectivity index (χ4v) is 1.79. The van der Waals surface area contributed by atoms with Crippen LogP contribution in [-0.4, -0.2) is 19.2 Å². The Labute approximate surface area is 118 Å². The molecule has 4 nitrogen and oxygen atoms in total. The Morgan fingerprint density at radius 2 is 2.11 bits per heavy atom. The summed E-state index contributed by atoms with van der Waals surface area (Å²) in [4.78, 5) is 11.1. The van der Waals surface area contributed by atoms with E-state index in [2.05, 4.69) is 0 Å². The van der Waals surface area contributed by atoms with Crippen molar-refractivity contribution < 1.29 is 14.3 Å². The number of benzene rings is 1. The van der Waals surface area contributed by atoms with E-state index in [0.29, 0.717) is 36.1 Å². The molecule has 0 aliphatic rings. The summed E-state index contributed by atoms with van der Waals surface area (Å²) in [6.45, 7) is 2.83. The van der Waals surface area contributed by atoms with Crippen molar-refractivity contribution in [3.63, 3.8) is 0 Å². The van der Waals surface area contributed by atoms with Gasteiger partial charge in [0.05, 0.1) is 18.9 Å². The lowest BCUT2D eigenvalue weighted by Crippen LogP contribution is -2.04. The lowest BCUT2D eigenvalue weighted by molar-refractivity contribution is -0.143. The van der Waals surface area contributed by atoms with Gasteiger partial charge in [-0.05, 0) is 44.4 Å². The zero-order chi connectivity index (χ0) is 14.1. The van der Waals surface area contributed by atoms with Crippen molar-refractivity contribution in [2.24, 2.45) is 0 Å². The Bertz CT molecular complexity index is 410. The molecule has 0 aromatic heterocycles. The fraction of sp³-hybridized carbons (Fsp3) is 0.500. The van der Waals surface area contributed by atoms with Crippen LogP contribution in [0.25, 0.3) is 0 Å². The summed E-state index contributed by atoms with van der Waals surface area (Å²) in [5.41, 5.74) is 6.31. The summed E-state index contributed by atoms with van der Waals surface area (Å²) in [5.74, 6) is 0.514. The number of nitrogens with two attached hydrogens (primary N) is 1. The van der Waals surface area contributed by atoms with Crippen LogP contribution in [0.5, 0.6) is 5.75 Å². The molecule has 0 radical (unpaired) electrons. The van der Waals surface area contributed by atoms with Crippen molar-refractivity contribution in [1.82, 2.24) is 0 Å². The third-order valence-electron chi connectivity index (χ3n) is 2.56. The molecule has 0 saturated heterocycles. The van der Waals surface area contributed by atoms with Crippen LogP contribution in [0.1, 0.15) is 32.6 Å². The molecule has 5 heteroatoms. The van der Waals surface area contributed by atoms with E-state index >= 15 is 0 Å². The van der Waals surface area contributed by atoms with E-state index in [1.54, 1.807) is 18.2 Å². The van der Waals surface area contributed by atoms with E-state index in [1.807, 2.05) is 6.92 Å². The van der Waals surface area contributed by atoms with Crippen LogP contribution in [0.2, 0.25) is 5.02 Å². The average Bonchev–Trinajstić information content (AvgIpc) is 2.36. The molecule has 0 unspecified atom stereocenters. The minimum absolute atomic E-state index is 0.134. The predicted molar refractivity (Wildman–Crippen MR) is 76.5 cm³/mol. The van der Waals surface area contributed by atoms with Gasteiger partial charge in [-0.3, -0.25) is 4.79 Å². The van der Waals surface area contributed by atoms with Gasteiger partial charge in [0.25, 0.3) is 0 Å². The van der Waals surface area contributed by atoms with E-state index in [-0.39, 0.29) is 5.97 Å². The number of rotatable bonds is 8. The van der Waals surface area contributed by atoms with Crippen molar-refractivity contribution in [2.45, 2.75) is 32.6 Å². The topological polar surface area (TPSA) is 61.5 Å². The van der Waals surface area contributed by atoms with Crippen LogP contribution in [-0.2, 0) is 9.53 Å². The number of carbonyl (C=O) groups excluding carboxylic acids is 1. The van der Waals surface area contributed by atoms with Gasteiger partial charge in [0.15, 0.2) is 0 Å². The lowest BCUT2D eigenvalue weighted by Gasteiger charge is -2.08. The van der Waals surface area contributed by atoms with Gasteiger partial charge in [-0.15, -0.1) is 0 Å². The minimum atomic E-state index is -0.134. The number of carbonyl (C=O) groups is 1. The van der Waals surface area contributed by atoms with E-state index in [9.17, 15) is 4.79 Å². The molecule has 0 spiro atoms. The molecule has 2 N–H and O–H groups in total. The molecule has 19 heavy (non-hydrogen) atoms. The van der Waals surface area contributed by atoms with Crippen molar-refractivity contribution >= 4 is 23.3 Å². The molecule has 0 aliphatic heterocycles. The molecule has 106 valence electrons. The van der Waals surface area contributed by atoms with Crippen molar-refractivity contribution in [2.75, 3.05) is 18.9 Å². The highest BCUT2D eigenvalue weighted by Gasteiger charge is 2.02. The van der Waals surface area contributed by atoms with Gasteiger partial charge in [0.2, 0.25) is 0 Å². The third-order valence-corrected chi connectivity index (χ3v) is 2.80. The highest BCUT2D eigenvalue weighted by Crippen LogP contribution is 2.25. The molecule has 1 aromatic carbocycles. The van der Waals surface area contributed by atoms with Crippen LogP contribution in [0.4, 0.5) is 5.69 Å². The largest absolute Gasteiger partial charge is 0.491 e. The van der Waals surface area contributed by atoms with Gasteiger partial charge in [0.1, 0.15) is 5.75 Å². The zero-order valence-corrected chi connectivity index (χ0v) is 11.9. The molecular formula is C14H20ClNO3. The molecule has 0 heterocycles. The van der Waals surface area contributed by atoms with Gasteiger partial charge in [-0.2, -0.15) is 0 Å². The maximum absolute atomic E-state index is 11.1. The number of unbranched alkanes of at least 4 members (excludes halogenated alkanes) is 2. The van der Waals surface area contributed by atoms with E-state index in [0.717, 1.165) is 19.3 Å². The summed E-state index contributed by atoms with van der Waals surface area (Å²) in [5, 5.41) is 0.597. The normalized spacial score (nSPS) is 10.2. The average molecular weight is 286 g/mol. The Morgan fingerprint density at radius 3 is 2.79 bits per heavy atom. The molecular weight excluding hydrogens is 266 g/mol. The van der Waals surface area contributed by atoms with Gasteiger partial charge in [0, 0.05) is 11.4 Å². The van der Waals surface area contributed by atoms with E-state index in [1.165, 1.54) is 0 Å². The number of ether oxygens (including phenoxy) is 2. The van der Waals surface area contributed by atoms with Crippen molar-refractivity contribution in [3.8, 4) is 5.75 Å². The molecule has 0 aliphatic carbocycles. The molecule has 0 bridgehead atoms. The Kier molecular flexibility index (Phi) is 7.11. The van der Waals surface area contributed by atoms with Crippen molar-refractivity contribution in [1.29, 1.82) is 0 Å². The van der Waals surface area contributed by atoms with E-state index in [4.69, 9.17) is 26.8 Å².